The Morgan fingerprint density at radius 2 is 1.81 bits per heavy atom. The van der Waals surface area contributed by atoms with Gasteiger partial charge < -0.3 is 14.5 Å². The summed E-state index contributed by atoms with van der Waals surface area (Å²) in [5, 5.41) is 2.65. The molecule has 0 saturated carbocycles. The number of aryl methyl sites for hydroxylation is 1. The molecule has 138 valence electrons. The molecular weight excluding hydrogens is 346 g/mol. The maximum Gasteiger partial charge on any atom is 0.359 e. The average molecular weight is 365 g/mol. The van der Waals surface area contributed by atoms with Crippen molar-refractivity contribution in [2.45, 2.75) is 26.9 Å². The number of carbonyl (C=O) groups excluding carboxylic acids is 3. The van der Waals surface area contributed by atoms with Crippen LogP contribution in [0.4, 0.5) is 5.69 Å². The first-order valence-electron chi connectivity index (χ1n) is 8.42. The van der Waals surface area contributed by atoms with Crippen molar-refractivity contribution < 1.29 is 19.1 Å². The van der Waals surface area contributed by atoms with Crippen molar-refractivity contribution in [3.63, 3.8) is 0 Å². The van der Waals surface area contributed by atoms with Gasteiger partial charge in [0.2, 0.25) is 0 Å². The zero-order valence-corrected chi connectivity index (χ0v) is 15.2. The predicted molar refractivity (Wildman–Crippen MR) is 99.9 cm³/mol. The standard InChI is InChI=1S/C20H19N3O4/c1-12-5-4-6-18-22-17(11-23(12)18)20(26)27-14(3)19(25)21-16-9-7-15(8-10-16)13(2)24/h4-11,14H,1-3H3,(H,21,25). The number of imidazole rings is 1. The number of hydrogen-bond donors (Lipinski definition) is 1. The van der Waals surface area contributed by atoms with E-state index in [4.69, 9.17) is 4.74 Å². The van der Waals surface area contributed by atoms with Crippen LogP contribution in [0, 0.1) is 6.92 Å². The molecule has 0 fully saturated rings. The van der Waals surface area contributed by atoms with Crippen LogP contribution in [0.1, 0.15) is 40.4 Å². The lowest BCUT2D eigenvalue weighted by atomic mass is 10.1. The molecule has 7 nitrogen and oxygen atoms in total. The Labute approximate surface area is 156 Å². The number of benzene rings is 1. The molecule has 2 aromatic heterocycles. The number of pyridine rings is 1. The molecule has 3 aromatic rings. The number of aromatic nitrogens is 2. The number of carbonyl (C=O) groups is 3. The smallest absolute Gasteiger partial charge is 0.359 e. The first kappa shape index (κ1) is 18.3. The molecule has 7 heteroatoms. The van der Waals surface area contributed by atoms with E-state index in [-0.39, 0.29) is 11.5 Å². The summed E-state index contributed by atoms with van der Waals surface area (Å²) in [5.41, 5.74) is 2.75. The van der Waals surface area contributed by atoms with Gasteiger partial charge in [-0.25, -0.2) is 9.78 Å². The van der Waals surface area contributed by atoms with Crippen LogP contribution in [0.2, 0.25) is 0 Å². The topological polar surface area (TPSA) is 89.8 Å². The Morgan fingerprint density at radius 1 is 1.11 bits per heavy atom. The highest BCUT2D eigenvalue weighted by Gasteiger charge is 2.21. The van der Waals surface area contributed by atoms with Gasteiger partial charge in [-0.1, -0.05) is 6.07 Å². The van der Waals surface area contributed by atoms with Crippen molar-refractivity contribution in [3.8, 4) is 0 Å². The second-order valence-corrected chi connectivity index (χ2v) is 6.19. The molecule has 1 unspecified atom stereocenters. The first-order valence-corrected chi connectivity index (χ1v) is 8.42. The number of amides is 1. The third kappa shape index (κ3) is 4.03. The number of fused-ring (bicyclic) bond motifs is 1. The third-order valence-corrected chi connectivity index (χ3v) is 4.12. The number of ether oxygens (including phenoxy) is 1. The van der Waals surface area contributed by atoms with Crippen molar-refractivity contribution in [2.24, 2.45) is 0 Å². The molecule has 0 radical (unpaired) electrons. The summed E-state index contributed by atoms with van der Waals surface area (Å²) in [5.74, 6) is -1.20. The summed E-state index contributed by atoms with van der Waals surface area (Å²) in [6.07, 6.45) is 0.578. The van der Waals surface area contributed by atoms with Crippen LogP contribution in [-0.2, 0) is 9.53 Å². The summed E-state index contributed by atoms with van der Waals surface area (Å²) in [7, 11) is 0. The average Bonchev–Trinajstić information content (AvgIpc) is 3.08. The zero-order valence-electron chi connectivity index (χ0n) is 15.2. The van der Waals surface area contributed by atoms with E-state index in [9.17, 15) is 14.4 Å². The second-order valence-electron chi connectivity index (χ2n) is 6.19. The Kier molecular flexibility index (Phi) is 5.03. The molecule has 0 saturated heterocycles. The molecule has 0 bridgehead atoms. The number of ketones is 1. The first-order chi connectivity index (χ1) is 12.8. The predicted octanol–water partition coefficient (Wildman–Crippen LogP) is 3.03. The van der Waals surface area contributed by atoms with Gasteiger partial charge in [-0.3, -0.25) is 9.59 Å². The maximum atomic E-state index is 12.3. The molecule has 1 N–H and O–H groups in total. The molecule has 2 heterocycles. The largest absolute Gasteiger partial charge is 0.448 e. The molecule has 1 aromatic carbocycles. The number of hydrogen-bond acceptors (Lipinski definition) is 5. The summed E-state index contributed by atoms with van der Waals surface area (Å²) in [6, 6.07) is 12.0. The van der Waals surface area contributed by atoms with E-state index in [0.29, 0.717) is 16.9 Å². The van der Waals surface area contributed by atoms with Crippen LogP contribution in [0.3, 0.4) is 0 Å². The fourth-order valence-electron chi connectivity index (χ4n) is 2.55. The van der Waals surface area contributed by atoms with Crippen LogP contribution in [0.15, 0.2) is 48.7 Å². The number of nitrogens with one attached hydrogen (secondary N) is 1. The quantitative estimate of drug-likeness (QED) is 0.554. The van der Waals surface area contributed by atoms with Gasteiger partial charge in [0.25, 0.3) is 5.91 Å². The van der Waals surface area contributed by atoms with Gasteiger partial charge in [0.1, 0.15) is 5.65 Å². The van der Waals surface area contributed by atoms with E-state index >= 15 is 0 Å². The molecule has 1 atom stereocenters. The molecule has 0 aliphatic rings. The van der Waals surface area contributed by atoms with Crippen LogP contribution < -0.4 is 5.32 Å². The van der Waals surface area contributed by atoms with Gasteiger partial charge >= 0.3 is 5.97 Å². The van der Waals surface area contributed by atoms with Gasteiger partial charge in [0.15, 0.2) is 17.6 Å². The SMILES string of the molecule is CC(=O)c1ccc(NC(=O)C(C)OC(=O)c2cn3c(C)cccc3n2)cc1. The summed E-state index contributed by atoms with van der Waals surface area (Å²) in [6.45, 7) is 4.85. The fourth-order valence-corrected chi connectivity index (χ4v) is 2.55. The summed E-state index contributed by atoms with van der Waals surface area (Å²) >= 11 is 0. The van der Waals surface area contributed by atoms with Gasteiger partial charge in [-0.15, -0.1) is 0 Å². The van der Waals surface area contributed by atoms with E-state index < -0.39 is 18.0 Å². The number of nitrogens with zero attached hydrogens (tertiary/aromatic N) is 2. The highest BCUT2D eigenvalue weighted by molar-refractivity contribution is 5.98. The van der Waals surface area contributed by atoms with Crippen molar-refractivity contribution in [2.75, 3.05) is 5.32 Å². The van der Waals surface area contributed by atoms with E-state index in [2.05, 4.69) is 10.3 Å². The lowest BCUT2D eigenvalue weighted by Gasteiger charge is -2.13. The summed E-state index contributed by atoms with van der Waals surface area (Å²) < 4.78 is 7.00. The number of Topliss-reactive ketones (excluding diaryl/α,β-unsaturated/α-hetero) is 1. The minimum Gasteiger partial charge on any atom is -0.448 e. The van der Waals surface area contributed by atoms with Crippen LogP contribution in [0.5, 0.6) is 0 Å². The minimum absolute atomic E-state index is 0.0575. The fraction of sp³-hybridized carbons (Fsp3) is 0.200. The van der Waals surface area contributed by atoms with Crippen molar-refractivity contribution in [1.29, 1.82) is 0 Å². The third-order valence-electron chi connectivity index (χ3n) is 4.12. The monoisotopic (exact) mass is 365 g/mol. The molecule has 0 aliphatic heterocycles. The molecular formula is C20H19N3O4. The maximum absolute atomic E-state index is 12.3. The lowest BCUT2D eigenvalue weighted by molar-refractivity contribution is -0.123. The van der Waals surface area contributed by atoms with E-state index in [1.807, 2.05) is 19.1 Å². The highest BCUT2D eigenvalue weighted by atomic mass is 16.5. The lowest BCUT2D eigenvalue weighted by Crippen LogP contribution is -2.30. The molecule has 0 aliphatic carbocycles. The second kappa shape index (κ2) is 7.41. The zero-order chi connectivity index (χ0) is 19.6. The van der Waals surface area contributed by atoms with Crippen molar-refractivity contribution >= 4 is 29.0 Å². The highest BCUT2D eigenvalue weighted by Crippen LogP contribution is 2.13. The van der Waals surface area contributed by atoms with Gasteiger partial charge in [-0.2, -0.15) is 0 Å². The molecule has 27 heavy (non-hydrogen) atoms. The molecule has 1 amide bonds. The van der Waals surface area contributed by atoms with Crippen molar-refractivity contribution in [3.05, 3.63) is 65.6 Å². The van der Waals surface area contributed by atoms with E-state index in [1.54, 1.807) is 40.9 Å². The Morgan fingerprint density at radius 3 is 2.44 bits per heavy atom. The van der Waals surface area contributed by atoms with E-state index in [1.165, 1.54) is 13.8 Å². The number of anilines is 1. The van der Waals surface area contributed by atoms with Crippen molar-refractivity contribution in [1.82, 2.24) is 9.38 Å². The Bertz CT molecular complexity index is 1020. The van der Waals surface area contributed by atoms with Gasteiger partial charge in [0.05, 0.1) is 0 Å². The van der Waals surface area contributed by atoms with Gasteiger partial charge in [0, 0.05) is 23.1 Å². The molecule has 3 rings (SSSR count). The van der Waals surface area contributed by atoms with Crippen LogP contribution >= 0.6 is 0 Å². The van der Waals surface area contributed by atoms with E-state index in [0.717, 1.165) is 5.69 Å². The summed E-state index contributed by atoms with van der Waals surface area (Å²) in [4.78, 5) is 40.0. The van der Waals surface area contributed by atoms with Crippen LogP contribution in [-0.4, -0.2) is 33.1 Å². The number of esters is 1. The van der Waals surface area contributed by atoms with Gasteiger partial charge in [-0.05, 0) is 57.2 Å². The Hall–Kier alpha value is -3.48. The normalized spacial score (nSPS) is 11.8. The van der Waals surface area contributed by atoms with Crippen LogP contribution in [0.25, 0.3) is 5.65 Å². The Balaban J connectivity index is 1.65. The minimum atomic E-state index is -1.00. The molecule has 0 spiro atoms. The number of rotatable bonds is 5.